The lowest BCUT2D eigenvalue weighted by atomic mass is 10.0. The average Bonchev–Trinajstić information content (AvgIpc) is 3.10. The van der Waals surface area contributed by atoms with Gasteiger partial charge in [0.15, 0.2) is 0 Å². The smallest absolute Gasteiger partial charge is 0.335 e. The molecule has 6 heteroatoms. The molecule has 0 bridgehead atoms. The van der Waals surface area contributed by atoms with Crippen LogP contribution in [0.15, 0.2) is 81.3 Å². The van der Waals surface area contributed by atoms with E-state index in [0.29, 0.717) is 5.69 Å². The highest BCUT2D eigenvalue weighted by molar-refractivity contribution is 5.79. The number of hydrogen-bond acceptors (Lipinski definition) is 4. The molecule has 146 valence electrons. The summed E-state index contributed by atoms with van der Waals surface area (Å²) >= 11 is 0. The fourth-order valence-corrected chi connectivity index (χ4v) is 3.65. The number of aromatic hydroxyl groups is 1. The van der Waals surface area contributed by atoms with Crippen molar-refractivity contribution in [3.63, 3.8) is 0 Å². The van der Waals surface area contributed by atoms with Crippen LogP contribution in [-0.4, -0.2) is 14.7 Å². The van der Waals surface area contributed by atoms with Crippen LogP contribution < -0.4 is 21.8 Å². The molecule has 0 saturated heterocycles. The van der Waals surface area contributed by atoms with E-state index in [9.17, 15) is 14.7 Å². The molecule has 1 aliphatic heterocycles. The Hall–Kier alpha value is -4.19. The third-order valence-electron chi connectivity index (χ3n) is 5.18. The zero-order valence-corrected chi connectivity index (χ0v) is 16.1. The number of aryl methyl sites for hydroxylation is 1. The van der Waals surface area contributed by atoms with Gasteiger partial charge < -0.3 is 5.11 Å². The highest BCUT2D eigenvalue weighted by Gasteiger charge is 2.15. The Morgan fingerprint density at radius 2 is 1.73 bits per heavy atom. The summed E-state index contributed by atoms with van der Waals surface area (Å²) in [4.78, 5) is 31.7. The molecule has 6 nitrogen and oxygen atoms in total. The highest BCUT2D eigenvalue weighted by Crippen LogP contribution is 2.31. The molecule has 2 N–H and O–H groups in total. The molecule has 0 atom stereocenters. The number of para-hydroxylation sites is 1. The van der Waals surface area contributed by atoms with Crippen LogP contribution >= 0.6 is 0 Å². The topological polar surface area (TPSA) is 87.4 Å². The second kappa shape index (κ2) is 6.70. The zero-order valence-electron chi connectivity index (χ0n) is 16.1. The molecule has 0 aliphatic carbocycles. The Kier molecular flexibility index (Phi) is 3.99. The Morgan fingerprint density at radius 3 is 2.53 bits per heavy atom. The minimum absolute atomic E-state index is 0.0124. The molecular formula is C24H17N3O3. The molecule has 30 heavy (non-hydrogen) atoms. The molecule has 0 unspecified atom stereocenters. The summed E-state index contributed by atoms with van der Waals surface area (Å²) in [7, 11) is 0. The summed E-state index contributed by atoms with van der Waals surface area (Å²) in [6.07, 6.45) is 1.57. The number of benzene rings is 3. The van der Waals surface area contributed by atoms with Crippen molar-refractivity contribution in [3.8, 4) is 22.7 Å². The number of aromatic amines is 1. The minimum atomic E-state index is -0.694. The van der Waals surface area contributed by atoms with E-state index in [4.69, 9.17) is 0 Å². The lowest BCUT2D eigenvalue weighted by Crippen LogP contribution is -2.30. The fraction of sp³-hybridized carbons (Fsp3) is 0.0417. The van der Waals surface area contributed by atoms with E-state index in [-0.39, 0.29) is 5.56 Å². The first-order chi connectivity index (χ1) is 14.5. The molecule has 0 fully saturated rings. The summed E-state index contributed by atoms with van der Waals surface area (Å²) < 4.78 is 1.09. The second-order valence-corrected chi connectivity index (χ2v) is 7.22. The normalized spacial score (nSPS) is 12.4. The van der Waals surface area contributed by atoms with Crippen LogP contribution in [0.4, 0.5) is 5.69 Å². The van der Waals surface area contributed by atoms with Crippen LogP contribution in [0.1, 0.15) is 11.1 Å². The Bertz CT molecular complexity index is 1540. The maximum absolute atomic E-state index is 12.5. The van der Waals surface area contributed by atoms with Crippen LogP contribution in [-0.2, 0) is 0 Å². The van der Waals surface area contributed by atoms with E-state index >= 15 is 0 Å². The van der Waals surface area contributed by atoms with Gasteiger partial charge in [0.1, 0.15) is 5.56 Å². The molecule has 0 amide bonds. The van der Waals surface area contributed by atoms with Crippen molar-refractivity contribution in [1.82, 2.24) is 9.55 Å². The lowest BCUT2D eigenvalue weighted by Gasteiger charge is -2.10. The Labute approximate surface area is 170 Å². The molecule has 3 aromatic carbocycles. The van der Waals surface area contributed by atoms with Crippen molar-refractivity contribution < 1.29 is 5.11 Å². The molecular weight excluding hydrogens is 378 g/mol. The van der Waals surface area contributed by atoms with Crippen molar-refractivity contribution in [1.29, 1.82) is 0 Å². The van der Waals surface area contributed by atoms with Crippen LogP contribution in [0.25, 0.3) is 22.9 Å². The molecule has 0 saturated carbocycles. The van der Waals surface area contributed by atoms with Gasteiger partial charge in [-0.1, -0.05) is 42.0 Å². The maximum atomic E-state index is 12.5. The molecule has 0 radical (unpaired) electrons. The quantitative estimate of drug-likeness (QED) is 0.481. The molecule has 5 rings (SSSR count). The first kappa shape index (κ1) is 17.9. The number of fused-ring (bicyclic) bond motifs is 3. The van der Waals surface area contributed by atoms with Crippen LogP contribution in [0, 0.1) is 6.92 Å². The van der Waals surface area contributed by atoms with Gasteiger partial charge in [-0.2, -0.15) is 0 Å². The number of rotatable bonds is 2. The van der Waals surface area contributed by atoms with Gasteiger partial charge in [0.05, 0.1) is 16.7 Å². The predicted molar refractivity (Wildman–Crippen MR) is 115 cm³/mol. The van der Waals surface area contributed by atoms with Gasteiger partial charge >= 0.3 is 5.69 Å². The van der Waals surface area contributed by atoms with Crippen molar-refractivity contribution in [2.24, 2.45) is 4.99 Å². The maximum Gasteiger partial charge on any atom is 0.335 e. The van der Waals surface area contributed by atoms with Crippen molar-refractivity contribution in [3.05, 3.63) is 109 Å². The minimum Gasteiger partial charge on any atom is -0.494 e. The molecule has 1 aromatic heterocycles. The fourth-order valence-electron chi connectivity index (χ4n) is 3.65. The van der Waals surface area contributed by atoms with E-state index < -0.39 is 17.1 Å². The summed E-state index contributed by atoms with van der Waals surface area (Å²) in [5, 5.41) is 12.4. The van der Waals surface area contributed by atoms with E-state index in [1.807, 2.05) is 61.5 Å². The van der Waals surface area contributed by atoms with Gasteiger partial charge in [0, 0.05) is 11.1 Å². The Morgan fingerprint density at radius 1 is 0.967 bits per heavy atom. The van der Waals surface area contributed by atoms with Crippen molar-refractivity contribution in [2.45, 2.75) is 6.92 Å². The van der Waals surface area contributed by atoms with E-state index in [2.05, 4.69) is 9.98 Å². The standard InChI is InChI=1S/C24H17N3O3/c1-14-6-9-16(10-7-14)27-23(29)19(22(28)26-24(27)30)13-15-8-11-21-18(12-15)17-4-2-3-5-20(17)25-21/h2-13,29H,1H3,(H,26,28,30). The van der Waals surface area contributed by atoms with Crippen molar-refractivity contribution in [2.75, 3.05) is 0 Å². The lowest BCUT2D eigenvalue weighted by molar-refractivity contribution is 0.429. The Balaban J connectivity index is 1.70. The van der Waals surface area contributed by atoms with Gasteiger partial charge in [0.25, 0.3) is 5.56 Å². The van der Waals surface area contributed by atoms with Crippen LogP contribution in [0.2, 0.25) is 0 Å². The highest BCUT2D eigenvalue weighted by atomic mass is 16.3. The van der Waals surface area contributed by atoms with Gasteiger partial charge in [-0.25, -0.2) is 14.4 Å². The summed E-state index contributed by atoms with van der Waals surface area (Å²) in [5.74, 6) is -0.404. The van der Waals surface area contributed by atoms with Gasteiger partial charge in [-0.15, -0.1) is 0 Å². The third kappa shape index (κ3) is 2.86. The van der Waals surface area contributed by atoms with E-state index in [1.165, 1.54) is 0 Å². The summed E-state index contributed by atoms with van der Waals surface area (Å²) in [5.41, 5.74) is 3.04. The van der Waals surface area contributed by atoms with Crippen LogP contribution in [0.3, 0.4) is 0 Å². The molecule has 2 heterocycles. The monoisotopic (exact) mass is 395 g/mol. The van der Waals surface area contributed by atoms with E-state index in [1.54, 1.807) is 18.2 Å². The van der Waals surface area contributed by atoms with Crippen LogP contribution in [0.5, 0.6) is 5.88 Å². The molecule has 1 aliphatic rings. The number of aromatic nitrogens is 2. The molecule has 0 spiro atoms. The van der Waals surface area contributed by atoms with Gasteiger partial charge in [0.2, 0.25) is 5.88 Å². The zero-order chi connectivity index (χ0) is 20.8. The first-order valence-electron chi connectivity index (χ1n) is 9.46. The number of nitrogens with one attached hydrogen (secondary N) is 1. The SMILES string of the molecule is Cc1ccc(-n2c(O)c(C=c3ccc4c(c3)-c3ccccc3N=4)c(=O)[nH]c2=O)cc1. The summed E-state index contributed by atoms with van der Waals surface area (Å²) in [6.45, 7) is 1.93. The van der Waals surface area contributed by atoms with Gasteiger partial charge in [-0.05, 0) is 48.6 Å². The van der Waals surface area contributed by atoms with E-state index in [0.717, 1.165) is 37.5 Å². The van der Waals surface area contributed by atoms with Gasteiger partial charge in [-0.3, -0.25) is 9.78 Å². The number of hydrogen-bond donors (Lipinski definition) is 2. The second-order valence-electron chi connectivity index (χ2n) is 7.22. The molecule has 4 aromatic rings. The third-order valence-corrected chi connectivity index (χ3v) is 5.18. The first-order valence-corrected chi connectivity index (χ1v) is 9.46. The predicted octanol–water partition coefficient (Wildman–Crippen LogP) is 2.30. The largest absolute Gasteiger partial charge is 0.494 e. The number of H-pyrrole nitrogens is 1. The summed E-state index contributed by atoms with van der Waals surface area (Å²) in [6, 6.07) is 20.6. The van der Waals surface area contributed by atoms with Crippen molar-refractivity contribution >= 4 is 11.8 Å². The number of nitrogens with zero attached hydrogens (tertiary/aromatic N) is 2. The average molecular weight is 395 g/mol.